The Hall–Kier alpha value is -6.69. The minimum absolute atomic E-state index is 0.0421. The number of nitrogens with one attached hydrogen (secondary N) is 3. The minimum Gasteiger partial charge on any atom is -0.324 e. The first-order chi connectivity index (χ1) is 26.4. The van der Waals surface area contributed by atoms with Crippen molar-refractivity contribution in [3.63, 3.8) is 0 Å². The number of aromatic amines is 3. The Morgan fingerprint density at radius 1 is 0.464 bits per heavy atom. The van der Waals surface area contributed by atoms with E-state index in [1.807, 2.05) is 4.98 Å². The molecule has 24 heteroatoms. The van der Waals surface area contributed by atoms with Crippen LogP contribution in [-0.4, -0.2) is 32.7 Å². The van der Waals surface area contributed by atoms with Gasteiger partial charge in [0.2, 0.25) is 0 Å². The molecule has 11 nitrogen and oxygen atoms in total. The van der Waals surface area contributed by atoms with Crippen LogP contribution < -0.4 is 22.0 Å². The molecule has 0 saturated heterocycles. The van der Waals surface area contributed by atoms with Gasteiger partial charge in [-0.05, 0) is 0 Å². The summed E-state index contributed by atoms with van der Waals surface area (Å²) in [7, 11) is -5.90. The number of nitrogens with zero attached hydrogens (tertiary/aromatic N) is 5. The molecule has 5 heterocycles. The molecular weight excluding hydrogens is 804 g/mol. The van der Waals surface area contributed by atoms with Gasteiger partial charge in [0.1, 0.15) is 39.1 Å². The Morgan fingerprint density at radius 2 is 0.839 bits per heavy atom. The molecule has 0 spiro atoms. The van der Waals surface area contributed by atoms with Gasteiger partial charge in [0.05, 0.1) is 32.3 Å². The fourth-order valence-corrected chi connectivity index (χ4v) is 7.29. The van der Waals surface area contributed by atoms with E-state index in [9.17, 15) is 34.9 Å². The van der Waals surface area contributed by atoms with Gasteiger partial charge in [0.15, 0.2) is 75.0 Å². The number of benzene rings is 4. The van der Waals surface area contributed by atoms with Gasteiger partial charge in [0.25, 0.3) is 10.1 Å². The molecule has 1 aliphatic rings. The van der Waals surface area contributed by atoms with E-state index in [1.165, 1.54) is 24.3 Å². The highest BCUT2D eigenvalue weighted by Crippen LogP contribution is 2.40. The predicted octanol–water partition coefficient (Wildman–Crippen LogP) is 6.71. The van der Waals surface area contributed by atoms with Crippen LogP contribution in [-0.2, 0) is 10.1 Å². The molecular formula is C32H8F12N8O3S. The van der Waals surface area contributed by atoms with E-state index in [-0.39, 0.29) is 10.8 Å². The summed E-state index contributed by atoms with van der Waals surface area (Å²) in [6.07, 6.45) is 0. The third kappa shape index (κ3) is 4.49. The highest BCUT2D eigenvalue weighted by atomic mass is 32.2. The van der Waals surface area contributed by atoms with Gasteiger partial charge >= 0.3 is 0 Å². The molecule has 56 heavy (non-hydrogen) atoms. The summed E-state index contributed by atoms with van der Waals surface area (Å²) >= 11 is 0. The van der Waals surface area contributed by atoms with Gasteiger partial charge in [0, 0.05) is 10.8 Å². The molecule has 8 aromatic rings. The van der Waals surface area contributed by atoms with Crippen molar-refractivity contribution in [3.05, 3.63) is 110 Å². The van der Waals surface area contributed by atoms with Crippen LogP contribution in [0.1, 0.15) is 0 Å². The fourth-order valence-electron chi connectivity index (χ4n) is 6.52. The van der Waals surface area contributed by atoms with E-state index in [2.05, 4.69) is 29.9 Å². The molecule has 9 rings (SSSR count). The molecule has 0 atom stereocenters. The predicted molar refractivity (Wildman–Crippen MR) is 166 cm³/mol. The summed E-state index contributed by atoms with van der Waals surface area (Å²) in [5, 5.41) is -8.59. The third-order valence-electron chi connectivity index (χ3n) is 8.87. The van der Waals surface area contributed by atoms with Gasteiger partial charge in [-0.3, -0.25) is 4.55 Å². The Labute approximate surface area is 297 Å². The lowest BCUT2D eigenvalue weighted by Gasteiger charge is -2.05. The van der Waals surface area contributed by atoms with Crippen molar-refractivity contribution in [2.45, 2.75) is 4.90 Å². The van der Waals surface area contributed by atoms with Crippen molar-refractivity contribution in [3.8, 4) is 0 Å². The lowest BCUT2D eigenvalue weighted by atomic mass is 10.1. The number of halogens is 12. The van der Waals surface area contributed by atoms with Gasteiger partial charge in [-0.25, -0.2) is 68.3 Å². The van der Waals surface area contributed by atoms with Crippen LogP contribution in [0.15, 0.2) is 49.1 Å². The summed E-state index contributed by atoms with van der Waals surface area (Å²) in [5.41, 5.74) is -5.09. The molecule has 0 amide bonds. The number of hydrogen-bond acceptors (Lipinski definition) is 6. The standard InChI is InChI=1S/C32H8F12N8O3S/c33-13-7-8(14(34)19(39)18(13)38)29-47-27(7)48-30-12-9(15(35)22(42)23(43)24(12)56(53,54)55)28(49-30)46-25-5-3-1-2-4-6(5)26(45-25)50-31-10-11(32(51-29)52(31)44)17(37)21(41)20(40)16(10)36/h1-4H,(H,53,54,55)(H3,45,46,47,48,49,50,51). The van der Waals surface area contributed by atoms with Crippen molar-refractivity contribution >= 4 is 76.5 Å². The maximum atomic E-state index is 16.4. The second kappa shape index (κ2) is 11.4. The fraction of sp³-hybridized carbons (Fsp3) is 0. The van der Waals surface area contributed by atoms with Crippen molar-refractivity contribution < 1.29 is 65.7 Å². The Balaban J connectivity index is 1.63. The zero-order valence-electron chi connectivity index (χ0n) is 26.3. The SMILES string of the molecule is O=S(=O)(O)c1c(F)c(F)c(F)c2c3[nH]c(c12)=Nc1[nH]c(c2c(F)c(F)c(F)c(F)c12)N=c1c2c(F)c(F)c(F)c(F)c2c(n1F)=Nc1[nH]c(c2ccccc12)N=3. The smallest absolute Gasteiger partial charge is 0.298 e. The van der Waals surface area contributed by atoms with E-state index < -0.39 is 161 Å². The van der Waals surface area contributed by atoms with Crippen molar-refractivity contribution in [2.75, 3.05) is 0 Å². The van der Waals surface area contributed by atoms with E-state index >= 15 is 30.8 Å². The molecule has 0 saturated carbocycles. The molecule has 284 valence electrons. The second-order valence-electron chi connectivity index (χ2n) is 11.9. The second-order valence-corrected chi connectivity index (χ2v) is 13.3. The number of hydrogen-bond donors (Lipinski definition) is 4. The van der Waals surface area contributed by atoms with E-state index in [0.29, 0.717) is 0 Å². The number of fused-ring (bicyclic) bond motifs is 20. The number of aromatic nitrogens is 4. The molecule has 0 fully saturated rings. The average Bonchev–Trinajstić information content (AvgIpc) is 3.87. The first-order valence-corrected chi connectivity index (χ1v) is 16.5. The lowest BCUT2D eigenvalue weighted by Crippen LogP contribution is -2.20. The molecule has 1 aliphatic heterocycles. The van der Waals surface area contributed by atoms with Gasteiger partial charge in [-0.15, -0.1) is 4.79 Å². The molecule has 0 radical (unpaired) electrons. The van der Waals surface area contributed by atoms with Crippen LogP contribution in [0.2, 0.25) is 0 Å². The number of H-pyrrole nitrogens is 3. The third-order valence-corrected chi connectivity index (χ3v) is 9.77. The van der Waals surface area contributed by atoms with E-state index in [1.54, 1.807) is 0 Å². The summed E-state index contributed by atoms with van der Waals surface area (Å²) in [4.78, 5) is 19.3. The quantitative estimate of drug-likeness (QED) is 0.0630. The van der Waals surface area contributed by atoms with Crippen LogP contribution >= 0.6 is 0 Å². The van der Waals surface area contributed by atoms with Crippen LogP contribution in [0.4, 0.5) is 76.0 Å². The summed E-state index contributed by atoms with van der Waals surface area (Å²) in [6, 6.07) is 5.30. The number of rotatable bonds is 1. The van der Waals surface area contributed by atoms with Crippen molar-refractivity contribution in [1.82, 2.24) is 19.7 Å². The Morgan fingerprint density at radius 3 is 1.36 bits per heavy atom. The lowest BCUT2D eigenvalue weighted by molar-refractivity contribution is 0.339. The van der Waals surface area contributed by atoms with Crippen LogP contribution in [0.5, 0.6) is 0 Å². The maximum Gasteiger partial charge on any atom is 0.298 e. The zero-order chi connectivity index (χ0) is 40.0. The topological polar surface area (TPSA) is 156 Å². The highest BCUT2D eigenvalue weighted by molar-refractivity contribution is 7.86. The minimum atomic E-state index is -5.90. The van der Waals surface area contributed by atoms with E-state index in [4.69, 9.17) is 0 Å². The normalized spacial score (nSPS) is 13.1. The Bertz CT molecular complexity index is 3560. The summed E-state index contributed by atoms with van der Waals surface area (Å²) < 4.78 is 218. The van der Waals surface area contributed by atoms with Crippen LogP contribution in [0.3, 0.4) is 0 Å². The monoisotopic (exact) mass is 812 g/mol. The molecule has 0 unspecified atom stereocenters. The van der Waals surface area contributed by atoms with Crippen molar-refractivity contribution in [1.29, 1.82) is 0 Å². The molecule has 4 aromatic heterocycles. The molecule has 8 bridgehead atoms. The highest BCUT2D eigenvalue weighted by Gasteiger charge is 2.33. The zero-order valence-corrected chi connectivity index (χ0v) is 27.1. The maximum absolute atomic E-state index is 16.4. The Kier molecular flexibility index (Phi) is 7.14. The average molecular weight is 813 g/mol. The van der Waals surface area contributed by atoms with E-state index in [0.717, 1.165) is 0 Å². The summed E-state index contributed by atoms with van der Waals surface area (Å²) in [5.74, 6) is -29.9. The molecule has 0 aliphatic carbocycles. The van der Waals surface area contributed by atoms with Crippen LogP contribution in [0, 0.1) is 64.0 Å². The van der Waals surface area contributed by atoms with Gasteiger partial charge in [-0.1, -0.05) is 28.7 Å². The van der Waals surface area contributed by atoms with Gasteiger partial charge in [-0.2, -0.15) is 8.42 Å². The first kappa shape index (κ1) is 35.0. The van der Waals surface area contributed by atoms with Crippen LogP contribution in [0.25, 0.3) is 43.1 Å². The molecule has 4 N–H and O–H groups in total. The summed E-state index contributed by atoms with van der Waals surface area (Å²) in [6.45, 7) is 0. The largest absolute Gasteiger partial charge is 0.324 e. The van der Waals surface area contributed by atoms with Crippen molar-refractivity contribution in [2.24, 2.45) is 20.0 Å². The molecule has 4 aromatic carbocycles. The van der Waals surface area contributed by atoms with Gasteiger partial charge < -0.3 is 15.0 Å². The first-order valence-electron chi connectivity index (χ1n) is 15.0.